The Hall–Kier alpha value is -1.23. The summed E-state index contributed by atoms with van der Waals surface area (Å²) in [6.45, 7) is 2.99. The highest BCUT2D eigenvalue weighted by atomic mass is 35.5. The highest BCUT2D eigenvalue weighted by molar-refractivity contribution is 7.10. The van der Waals surface area contributed by atoms with Crippen molar-refractivity contribution >= 4 is 23.7 Å². The van der Waals surface area contributed by atoms with Gasteiger partial charge in [-0.1, -0.05) is 0 Å². The molecule has 0 amide bonds. The number of halogens is 1. The number of aromatic hydroxyl groups is 2. The summed E-state index contributed by atoms with van der Waals surface area (Å²) in [5.41, 5.74) is 3.45. The fraction of sp³-hybridized carbons (Fsp3) is 0.286. The molecule has 2 heterocycles. The Labute approximate surface area is 122 Å². The van der Waals surface area contributed by atoms with Gasteiger partial charge in [-0.3, -0.25) is 0 Å². The predicted molar refractivity (Wildman–Crippen MR) is 79.6 cm³/mol. The zero-order valence-electron chi connectivity index (χ0n) is 10.5. The normalized spacial score (nSPS) is 17.6. The first kappa shape index (κ1) is 14.2. The van der Waals surface area contributed by atoms with Crippen molar-refractivity contribution in [2.75, 3.05) is 6.54 Å². The van der Waals surface area contributed by atoms with Gasteiger partial charge in [0.1, 0.15) is 0 Å². The summed E-state index contributed by atoms with van der Waals surface area (Å²) in [6, 6.07) is 5.60. The van der Waals surface area contributed by atoms with Crippen LogP contribution in [0.1, 0.15) is 27.6 Å². The van der Waals surface area contributed by atoms with E-state index >= 15 is 0 Å². The van der Waals surface area contributed by atoms with Crippen molar-refractivity contribution in [3.63, 3.8) is 0 Å². The molecule has 0 saturated carbocycles. The van der Waals surface area contributed by atoms with Crippen LogP contribution in [0.3, 0.4) is 0 Å². The molecule has 3 nitrogen and oxygen atoms in total. The number of hydrogen-bond acceptors (Lipinski definition) is 4. The number of rotatable bonds is 1. The molecule has 0 aliphatic carbocycles. The molecule has 1 aliphatic rings. The maximum atomic E-state index is 9.69. The van der Waals surface area contributed by atoms with Gasteiger partial charge in [0.15, 0.2) is 11.5 Å². The van der Waals surface area contributed by atoms with E-state index in [-0.39, 0.29) is 29.9 Å². The molecule has 1 unspecified atom stereocenters. The van der Waals surface area contributed by atoms with E-state index in [1.165, 1.54) is 10.4 Å². The van der Waals surface area contributed by atoms with Crippen LogP contribution < -0.4 is 5.32 Å². The molecule has 3 rings (SSSR count). The molecule has 0 fully saturated rings. The number of hydrogen-bond donors (Lipinski definition) is 3. The molecule has 2 aromatic rings. The quantitative estimate of drug-likeness (QED) is 0.709. The van der Waals surface area contributed by atoms with Crippen LogP contribution in [-0.2, 0) is 6.42 Å². The van der Waals surface area contributed by atoms with Crippen LogP contribution in [0.25, 0.3) is 0 Å². The van der Waals surface area contributed by atoms with Gasteiger partial charge in [-0.05, 0) is 53.6 Å². The number of phenols is 2. The third-order valence-corrected chi connectivity index (χ3v) is 4.54. The van der Waals surface area contributed by atoms with Crippen molar-refractivity contribution in [3.8, 4) is 11.5 Å². The molecule has 5 heteroatoms. The van der Waals surface area contributed by atoms with Gasteiger partial charge in [0.05, 0.1) is 6.04 Å². The smallest absolute Gasteiger partial charge is 0.157 e. The highest BCUT2D eigenvalue weighted by Gasteiger charge is 2.24. The van der Waals surface area contributed by atoms with Gasteiger partial charge in [0.25, 0.3) is 0 Å². The van der Waals surface area contributed by atoms with Crippen molar-refractivity contribution in [2.24, 2.45) is 0 Å². The zero-order valence-corrected chi connectivity index (χ0v) is 12.1. The van der Waals surface area contributed by atoms with E-state index in [0.29, 0.717) is 0 Å². The second-order valence-electron chi connectivity index (χ2n) is 4.64. The molecular formula is C14H16ClNO2S. The van der Waals surface area contributed by atoms with Crippen molar-refractivity contribution in [1.29, 1.82) is 0 Å². The monoisotopic (exact) mass is 297 g/mol. The lowest BCUT2D eigenvalue weighted by molar-refractivity contribution is 0.400. The molecule has 1 atom stereocenters. The van der Waals surface area contributed by atoms with Gasteiger partial charge in [0.2, 0.25) is 0 Å². The fourth-order valence-electron chi connectivity index (χ4n) is 2.50. The second kappa shape index (κ2) is 5.41. The van der Waals surface area contributed by atoms with Crippen LogP contribution >= 0.6 is 23.7 Å². The van der Waals surface area contributed by atoms with E-state index in [1.807, 2.05) is 0 Å². The molecule has 19 heavy (non-hydrogen) atoms. The lowest BCUT2D eigenvalue weighted by Gasteiger charge is -2.27. The summed E-state index contributed by atoms with van der Waals surface area (Å²) < 4.78 is 0. The predicted octanol–water partition coefficient (Wildman–Crippen LogP) is 3.12. The van der Waals surface area contributed by atoms with E-state index < -0.39 is 0 Å². The van der Waals surface area contributed by atoms with Crippen LogP contribution in [0.4, 0.5) is 0 Å². The second-order valence-corrected chi connectivity index (χ2v) is 5.59. The zero-order chi connectivity index (χ0) is 12.7. The Morgan fingerprint density at radius 2 is 2.00 bits per heavy atom. The van der Waals surface area contributed by atoms with Crippen LogP contribution in [-0.4, -0.2) is 16.8 Å². The first-order valence-electron chi connectivity index (χ1n) is 5.99. The number of fused-ring (bicyclic) bond motifs is 1. The van der Waals surface area contributed by atoms with Crippen molar-refractivity contribution in [1.82, 2.24) is 5.32 Å². The summed E-state index contributed by atoms with van der Waals surface area (Å²) >= 11 is 1.72. The number of nitrogens with one attached hydrogen (secondary N) is 1. The van der Waals surface area contributed by atoms with Crippen molar-refractivity contribution < 1.29 is 10.2 Å². The Morgan fingerprint density at radius 1 is 1.26 bits per heavy atom. The Bertz CT molecular complexity index is 597. The molecule has 0 bridgehead atoms. The summed E-state index contributed by atoms with van der Waals surface area (Å²) in [4.78, 5) is 1.28. The lowest BCUT2D eigenvalue weighted by Crippen LogP contribution is -2.30. The number of phenolic OH excluding ortho intramolecular Hbond substituents is 2. The minimum atomic E-state index is -0.0448. The SMILES string of the molecule is Cc1ccsc1C1NCCc2cc(O)c(O)cc21.Cl. The van der Waals surface area contributed by atoms with Crippen LogP contribution in [0.2, 0.25) is 0 Å². The minimum absolute atomic E-state index is 0. The first-order valence-corrected chi connectivity index (χ1v) is 6.87. The molecular weight excluding hydrogens is 282 g/mol. The van der Waals surface area contributed by atoms with Crippen LogP contribution in [0, 0.1) is 6.92 Å². The first-order chi connectivity index (χ1) is 8.66. The van der Waals surface area contributed by atoms with Gasteiger partial charge in [-0.15, -0.1) is 23.7 Å². The Kier molecular flexibility index (Phi) is 4.04. The molecule has 3 N–H and O–H groups in total. The van der Waals surface area contributed by atoms with E-state index in [1.54, 1.807) is 23.5 Å². The number of aryl methyl sites for hydroxylation is 1. The molecule has 1 aromatic carbocycles. The van der Waals surface area contributed by atoms with Crippen LogP contribution in [0.5, 0.6) is 11.5 Å². The summed E-state index contributed by atoms with van der Waals surface area (Å²) in [5, 5.41) is 24.8. The Balaban J connectivity index is 0.00000133. The van der Waals surface area contributed by atoms with Gasteiger partial charge < -0.3 is 15.5 Å². The van der Waals surface area contributed by atoms with Gasteiger partial charge in [-0.25, -0.2) is 0 Å². The fourth-order valence-corrected chi connectivity index (χ4v) is 3.52. The third kappa shape index (κ3) is 2.43. The van der Waals surface area contributed by atoms with Gasteiger partial charge in [-0.2, -0.15) is 0 Å². The summed E-state index contributed by atoms with van der Waals surface area (Å²) in [5.74, 6) is -0.0750. The maximum absolute atomic E-state index is 9.69. The average molecular weight is 298 g/mol. The third-order valence-electron chi connectivity index (χ3n) is 3.45. The van der Waals surface area contributed by atoms with Crippen molar-refractivity contribution in [3.05, 3.63) is 45.1 Å². The summed E-state index contributed by atoms with van der Waals surface area (Å²) in [7, 11) is 0. The standard InChI is InChI=1S/C14H15NO2S.ClH/c1-8-3-5-18-14(8)13-10-7-12(17)11(16)6-9(10)2-4-15-13;/h3,5-7,13,15-17H,2,4H2,1H3;1H. The largest absolute Gasteiger partial charge is 0.504 e. The van der Waals surface area contributed by atoms with E-state index in [2.05, 4.69) is 23.7 Å². The molecule has 0 radical (unpaired) electrons. The van der Waals surface area contributed by atoms with E-state index in [0.717, 1.165) is 24.1 Å². The summed E-state index contributed by atoms with van der Waals surface area (Å²) in [6.07, 6.45) is 0.879. The molecule has 0 saturated heterocycles. The van der Waals surface area contributed by atoms with Gasteiger partial charge in [0, 0.05) is 11.4 Å². The number of thiophene rings is 1. The molecule has 1 aromatic heterocycles. The molecule has 102 valence electrons. The number of benzene rings is 1. The lowest BCUT2D eigenvalue weighted by atomic mass is 9.92. The highest BCUT2D eigenvalue weighted by Crippen LogP contribution is 2.38. The Morgan fingerprint density at radius 3 is 2.68 bits per heavy atom. The van der Waals surface area contributed by atoms with Crippen molar-refractivity contribution in [2.45, 2.75) is 19.4 Å². The van der Waals surface area contributed by atoms with E-state index in [9.17, 15) is 10.2 Å². The van der Waals surface area contributed by atoms with E-state index in [4.69, 9.17) is 0 Å². The molecule has 1 aliphatic heterocycles. The molecule has 0 spiro atoms. The topological polar surface area (TPSA) is 52.5 Å². The van der Waals surface area contributed by atoms with Gasteiger partial charge >= 0.3 is 0 Å². The average Bonchev–Trinajstić information content (AvgIpc) is 2.76. The minimum Gasteiger partial charge on any atom is -0.504 e. The van der Waals surface area contributed by atoms with Crippen LogP contribution in [0.15, 0.2) is 23.6 Å². The maximum Gasteiger partial charge on any atom is 0.157 e.